The number of nitrogens with zero attached hydrogens (tertiary/aromatic N) is 4. The van der Waals surface area contributed by atoms with Crippen molar-refractivity contribution in [2.24, 2.45) is 0 Å². The van der Waals surface area contributed by atoms with Crippen LogP contribution in [0, 0.1) is 17.9 Å². The number of rotatable bonds is 7. The van der Waals surface area contributed by atoms with Gasteiger partial charge in [-0.25, -0.2) is 14.8 Å². The van der Waals surface area contributed by atoms with Gasteiger partial charge in [-0.3, -0.25) is 0 Å². The van der Waals surface area contributed by atoms with Gasteiger partial charge in [-0.05, 0) is 55.5 Å². The first-order valence-electron chi connectivity index (χ1n) is 11.8. The second-order valence-electron chi connectivity index (χ2n) is 8.61. The Labute approximate surface area is 228 Å². The predicted molar refractivity (Wildman–Crippen MR) is 150 cm³/mol. The summed E-state index contributed by atoms with van der Waals surface area (Å²) >= 11 is 8.93. The Bertz CT molecular complexity index is 1500. The van der Waals surface area contributed by atoms with Gasteiger partial charge < -0.3 is 10.5 Å². The Kier molecular flexibility index (Phi) is 7.62. The van der Waals surface area contributed by atoms with Crippen molar-refractivity contribution < 1.29 is 4.74 Å². The second-order valence-corrected chi connectivity index (χ2v) is 10.9. The van der Waals surface area contributed by atoms with Gasteiger partial charge in [0.25, 0.3) is 0 Å². The number of nitrogens with two attached hydrogens (primary N) is 1. The quantitative estimate of drug-likeness (QED) is 0.187. The minimum Gasteiger partial charge on any atom is -0.490 e. The number of thioether (sulfide) groups is 1. The van der Waals surface area contributed by atoms with Crippen LogP contribution in [-0.4, -0.2) is 16.1 Å². The summed E-state index contributed by atoms with van der Waals surface area (Å²) in [6, 6.07) is 17.4. The predicted octanol–water partition coefficient (Wildman–Crippen LogP) is 8.14. The van der Waals surface area contributed by atoms with E-state index in [0.717, 1.165) is 40.4 Å². The molecule has 0 amide bonds. The normalized spacial score (nSPS) is 13.3. The molecular formula is C28H22ClN5OS2. The number of halogens is 1. The number of aromatic nitrogens is 2. The van der Waals surface area contributed by atoms with Crippen LogP contribution in [0.15, 0.2) is 58.9 Å². The van der Waals surface area contributed by atoms with Crippen molar-refractivity contribution in [2.75, 3.05) is 5.73 Å². The molecule has 4 aromatic rings. The molecule has 2 heterocycles. The van der Waals surface area contributed by atoms with Crippen LogP contribution >= 0.6 is 34.7 Å². The number of nitriles is 1. The van der Waals surface area contributed by atoms with Crippen molar-refractivity contribution in [1.29, 1.82) is 5.26 Å². The molecule has 1 saturated carbocycles. The summed E-state index contributed by atoms with van der Waals surface area (Å²) in [6.07, 6.45) is 4.80. The highest BCUT2D eigenvalue weighted by molar-refractivity contribution is 7.98. The number of pyridine rings is 1. The van der Waals surface area contributed by atoms with E-state index in [1.165, 1.54) is 24.6 Å². The zero-order valence-corrected chi connectivity index (χ0v) is 22.2. The number of hydrogen-bond acceptors (Lipinski definition) is 7. The monoisotopic (exact) mass is 543 g/mol. The molecule has 6 nitrogen and oxygen atoms in total. The molecule has 0 bridgehead atoms. The maximum absolute atomic E-state index is 10.1. The smallest absolute Gasteiger partial charge is 0.236 e. The molecule has 0 spiro atoms. The van der Waals surface area contributed by atoms with Crippen LogP contribution in [0.25, 0.3) is 26.5 Å². The number of nitrogen functional groups attached to an aromatic ring is 1. The summed E-state index contributed by atoms with van der Waals surface area (Å²) in [5.74, 6) is 1.41. The minimum atomic E-state index is 0.109. The summed E-state index contributed by atoms with van der Waals surface area (Å²) in [7, 11) is 0. The number of thiazole rings is 1. The number of ether oxygens (including phenoxy) is 1. The Morgan fingerprint density at radius 2 is 1.81 bits per heavy atom. The van der Waals surface area contributed by atoms with Gasteiger partial charge in [-0.15, -0.1) is 11.3 Å². The van der Waals surface area contributed by atoms with Crippen molar-refractivity contribution in [2.45, 2.75) is 42.6 Å². The van der Waals surface area contributed by atoms with Crippen LogP contribution in [-0.2, 0) is 5.75 Å². The van der Waals surface area contributed by atoms with E-state index in [4.69, 9.17) is 33.6 Å². The van der Waals surface area contributed by atoms with E-state index in [-0.39, 0.29) is 17.6 Å². The van der Waals surface area contributed by atoms with Crippen molar-refractivity contribution in [3.63, 3.8) is 0 Å². The lowest BCUT2D eigenvalue weighted by Crippen LogP contribution is -2.10. The molecule has 2 aromatic heterocycles. The Morgan fingerprint density at radius 1 is 1.11 bits per heavy atom. The molecule has 184 valence electrons. The molecule has 1 fully saturated rings. The molecule has 0 saturated heterocycles. The molecule has 2 N–H and O–H groups in total. The number of benzene rings is 2. The molecule has 1 aliphatic rings. The zero-order valence-electron chi connectivity index (χ0n) is 19.8. The van der Waals surface area contributed by atoms with Crippen LogP contribution in [0.2, 0.25) is 5.02 Å². The summed E-state index contributed by atoms with van der Waals surface area (Å²) in [5.41, 5.74) is 9.81. The number of hydrogen-bond donors (Lipinski definition) is 1. The highest BCUT2D eigenvalue weighted by Crippen LogP contribution is 2.42. The van der Waals surface area contributed by atoms with E-state index in [0.29, 0.717) is 26.9 Å². The van der Waals surface area contributed by atoms with Gasteiger partial charge in [-0.2, -0.15) is 5.26 Å². The van der Waals surface area contributed by atoms with E-state index in [9.17, 15) is 5.26 Å². The molecule has 0 radical (unpaired) electrons. The maximum atomic E-state index is 10.1. The average molecular weight is 544 g/mol. The second kappa shape index (κ2) is 11.2. The highest BCUT2D eigenvalue weighted by atomic mass is 35.5. The lowest BCUT2D eigenvalue weighted by atomic mass is 10.00. The van der Waals surface area contributed by atoms with Gasteiger partial charge in [-0.1, -0.05) is 47.6 Å². The van der Waals surface area contributed by atoms with Gasteiger partial charge >= 0.3 is 0 Å². The molecule has 5 rings (SSSR count). The third-order valence-corrected chi connectivity index (χ3v) is 8.34. The topological polar surface area (TPSA) is 89.2 Å². The first-order valence-corrected chi connectivity index (χ1v) is 14.0. The first kappa shape index (κ1) is 25.1. The Morgan fingerprint density at radius 3 is 2.49 bits per heavy atom. The maximum Gasteiger partial charge on any atom is 0.236 e. The van der Waals surface area contributed by atoms with Crippen molar-refractivity contribution in [3.8, 4) is 33.5 Å². The van der Waals surface area contributed by atoms with Crippen LogP contribution < -0.4 is 10.5 Å². The van der Waals surface area contributed by atoms with Crippen LogP contribution in [0.3, 0.4) is 0 Å². The summed E-state index contributed by atoms with van der Waals surface area (Å²) in [5, 5.41) is 14.1. The van der Waals surface area contributed by atoms with Crippen molar-refractivity contribution >= 4 is 46.2 Å². The summed E-state index contributed by atoms with van der Waals surface area (Å²) in [4.78, 5) is 12.8. The SMILES string of the molecule is [C-]#[N+]c1c(N)nc(SCc2csc(-c3ccc(Cl)cc3)n2)c(C#N)c1-c1ccc(OC2CCCC2)cc1. The third kappa shape index (κ3) is 5.57. The van der Waals surface area contributed by atoms with E-state index in [1.807, 2.05) is 53.9 Å². The van der Waals surface area contributed by atoms with Crippen LogP contribution in [0.1, 0.15) is 36.9 Å². The fourth-order valence-electron chi connectivity index (χ4n) is 4.31. The van der Waals surface area contributed by atoms with Gasteiger partial charge in [0, 0.05) is 27.3 Å². The van der Waals surface area contributed by atoms with E-state index in [1.54, 1.807) is 11.3 Å². The van der Waals surface area contributed by atoms with Crippen molar-refractivity contribution in [1.82, 2.24) is 9.97 Å². The summed E-state index contributed by atoms with van der Waals surface area (Å²) < 4.78 is 6.07. The molecule has 2 aromatic carbocycles. The Hall–Kier alpha value is -3.56. The van der Waals surface area contributed by atoms with Gasteiger partial charge in [0.05, 0.1) is 23.9 Å². The largest absolute Gasteiger partial charge is 0.490 e. The summed E-state index contributed by atoms with van der Waals surface area (Å²) in [6.45, 7) is 7.69. The fourth-order valence-corrected chi connectivity index (χ4v) is 6.26. The average Bonchev–Trinajstić information content (AvgIpc) is 3.60. The van der Waals surface area contributed by atoms with Crippen LogP contribution in [0.5, 0.6) is 5.75 Å². The highest BCUT2D eigenvalue weighted by Gasteiger charge is 2.22. The van der Waals surface area contributed by atoms with E-state index >= 15 is 0 Å². The van der Waals surface area contributed by atoms with Gasteiger partial charge in [0.2, 0.25) is 5.69 Å². The Balaban J connectivity index is 1.41. The standard InChI is InChI=1S/C28H22ClN5OS2/c1-32-25-24(17-8-12-22(13-9-17)35-21-4-2-3-5-21)23(14-30)28(34-26(25)31)37-16-20-15-36-27(33-20)18-6-10-19(29)11-7-18/h6-13,15,21H,2-5,16H2,(H2,31,34). The molecule has 37 heavy (non-hydrogen) atoms. The molecule has 1 aliphatic carbocycles. The van der Waals surface area contributed by atoms with Crippen LogP contribution in [0.4, 0.5) is 11.5 Å². The first-order chi connectivity index (χ1) is 18.1. The molecule has 0 unspecified atom stereocenters. The van der Waals surface area contributed by atoms with E-state index < -0.39 is 0 Å². The zero-order chi connectivity index (χ0) is 25.8. The van der Waals surface area contributed by atoms with Crippen molar-refractivity contribution in [3.05, 3.63) is 81.6 Å². The minimum absolute atomic E-state index is 0.109. The van der Waals surface area contributed by atoms with Gasteiger partial charge in [0.15, 0.2) is 0 Å². The molecule has 0 aliphatic heterocycles. The lowest BCUT2D eigenvalue weighted by molar-refractivity contribution is 0.210. The molecule has 9 heteroatoms. The lowest BCUT2D eigenvalue weighted by Gasteiger charge is -2.15. The third-order valence-electron chi connectivity index (χ3n) is 6.14. The van der Waals surface area contributed by atoms with E-state index in [2.05, 4.69) is 15.9 Å². The molecule has 0 atom stereocenters. The molecular weight excluding hydrogens is 522 g/mol. The fraction of sp³-hybridized carbons (Fsp3) is 0.214. The van der Waals surface area contributed by atoms with Gasteiger partial charge in [0.1, 0.15) is 27.7 Å². The number of anilines is 1.